The molecule has 0 bridgehead atoms. The molecule has 1 aliphatic heterocycles. The Morgan fingerprint density at radius 2 is 1.93 bits per heavy atom. The number of pyridine rings is 1. The molecular weight excluding hydrogens is 360 g/mol. The topological polar surface area (TPSA) is 67.6 Å². The van der Waals surface area contributed by atoms with E-state index in [-0.39, 0.29) is 6.04 Å². The number of hydrogen-bond acceptors (Lipinski definition) is 4. The van der Waals surface area contributed by atoms with Crippen molar-refractivity contribution in [3.63, 3.8) is 0 Å². The van der Waals surface area contributed by atoms with Crippen molar-refractivity contribution in [2.45, 2.75) is 50.0 Å². The summed E-state index contributed by atoms with van der Waals surface area (Å²) in [6, 6.07) is 12.7. The smallest absolute Gasteiger partial charge is 0.243 e. The zero-order valence-corrected chi connectivity index (χ0v) is 16.4. The van der Waals surface area contributed by atoms with Crippen molar-refractivity contribution in [2.24, 2.45) is 0 Å². The molecule has 2 aromatic heterocycles. The lowest BCUT2D eigenvalue weighted by Crippen LogP contribution is -2.31. The fourth-order valence-corrected chi connectivity index (χ4v) is 5.37. The van der Waals surface area contributed by atoms with Crippen LogP contribution in [0, 0.1) is 0 Å². The lowest BCUT2D eigenvalue weighted by Gasteiger charge is -2.23. The summed E-state index contributed by atoms with van der Waals surface area (Å²) in [5, 5.41) is 8.47. The SMILES string of the molecule is CCC(C)c1ccc(S(=O)(=O)N2CCCC2c2nnc3ccccn23)cc1. The van der Waals surface area contributed by atoms with Crippen molar-refractivity contribution in [3.8, 4) is 0 Å². The summed E-state index contributed by atoms with van der Waals surface area (Å²) >= 11 is 0. The molecule has 1 aliphatic rings. The van der Waals surface area contributed by atoms with E-state index in [2.05, 4.69) is 24.0 Å². The van der Waals surface area contributed by atoms with Gasteiger partial charge in [0.25, 0.3) is 0 Å². The highest BCUT2D eigenvalue weighted by Crippen LogP contribution is 2.36. The van der Waals surface area contributed by atoms with Crippen molar-refractivity contribution < 1.29 is 8.42 Å². The fraction of sp³-hybridized carbons (Fsp3) is 0.400. The fourth-order valence-electron chi connectivity index (χ4n) is 3.71. The Balaban J connectivity index is 1.68. The zero-order chi connectivity index (χ0) is 19.0. The normalized spacial score (nSPS) is 19.6. The molecule has 7 heteroatoms. The second-order valence-electron chi connectivity index (χ2n) is 7.14. The standard InChI is InChI=1S/C20H24N4O2S/c1-3-15(2)16-9-11-17(12-10-16)27(25,26)24-14-6-7-18(24)20-22-21-19-8-4-5-13-23(19)20/h4-5,8-13,15,18H,3,6-7,14H2,1-2H3. The number of rotatable bonds is 5. The molecule has 0 saturated carbocycles. The molecule has 4 rings (SSSR count). The van der Waals surface area contributed by atoms with Crippen LogP contribution in [-0.2, 0) is 10.0 Å². The van der Waals surface area contributed by atoms with Crippen LogP contribution < -0.4 is 0 Å². The number of aromatic nitrogens is 3. The average molecular weight is 385 g/mol. The molecule has 142 valence electrons. The van der Waals surface area contributed by atoms with E-state index in [0.29, 0.717) is 23.2 Å². The van der Waals surface area contributed by atoms with E-state index in [1.807, 2.05) is 40.9 Å². The quantitative estimate of drug-likeness (QED) is 0.672. The second kappa shape index (κ2) is 7.05. The molecule has 0 amide bonds. The summed E-state index contributed by atoms with van der Waals surface area (Å²) in [6.07, 6.45) is 4.48. The van der Waals surface area contributed by atoms with Crippen molar-refractivity contribution in [3.05, 3.63) is 60.0 Å². The van der Waals surface area contributed by atoms with Gasteiger partial charge in [0.1, 0.15) is 0 Å². The molecule has 27 heavy (non-hydrogen) atoms. The lowest BCUT2D eigenvalue weighted by atomic mass is 9.99. The maximum atomic E-state index is 13.3. The van der Waals surface area contributed by atoms with E-state index in [1.165, 1.54) is 0 Å². The predicted octanol–water partition coefficient (Wildman–Crippen LogP) is 3.77. The summed E-state index contributed by atoms with van der Waals surface area (Å²) in [4.78, 5) is 0.343. The van der Waals surface area contributed by atoms with Gasteiger partial charge < -0.3 is 0 Å². The van der Waals surface area contributed by atoms with Crippen LogP contribution in [0.4, 0.5) is 0 Å². The third-order valence-electron chi connectivity index (χ3n) is 5.51. The van der Waals surface area contributed by atoms with Gasteiger partial charge in [-0.05, 0) is 55.0 Å². The van der Waals surface area contributed by atoms with E-state index < -0.39 is 10.0 Å². The van der Waals surface area contributed by atoms with Gasteiger partial charge in [-0.15, -0.1) is 10.2 Å². The van der Waals surface area contributed by atoms with Crippen molar-refractivity contribution in [1.82, 2.24) is 18.9 Å². The summed E-state index contributed by atoms with van der Waals surface area (Å²) < 4.78 is 30.0. The number of benzene rings is 1. The van der Waals surface area contributed by atoms with Crippen LogP contribution >= 0.6 is 0 Å². The van der Waals surface area contributed by atoms with Crippen LogP contribution in [0.15, 0.2) is 53.6 Å². The van der Waals surface area contributed by atoms with E-state index in [9.17, 15) is 8.42 Å². The molecule has 1 saturated heterocycles. The minimum Gasteiger partial charge on any atom is -0.285 e. The minimum absolute atomic E-state index is 0.290. The zero-order valence-electron chi connectivity index (χ0n) is 15.6. The molecule has 1 aromatic carbocycles. The van der Waals surface area contributed by atoms with Gasteiger partial charge in [0.2, 0.25) is 10.0 Å². The second-order valence-corrected chi connectivity index (χ2v) is 9.03. The third-order valence-corrected chi connectivity index (χ3v) is 7.43. The Labute approximate surface area is 159 Å². The molecular formula is C20H24N4O2S. The Hall–Kier alpha value is -2.25. The van der Waals surface area contributed by atoms with Crippen LogP contribution in [-0.4, -0.2) is 33.9 Å². The van der Waals surface area contributed by atoms with Gasteiger partial charge in [-0.2, -0.15) is 4.31 Å². The predicted molar refractivity (Wildman–Crippen MR) is 104 cm³/mol. The number of fused-ring (bicyclic) bond motifs is 1. The molecule has 1 fully saturated rings. The average Bonchev–Trinajstić information content (AvgIpc) is 3.34. The van der Waals surface area contributed by atoms with E-state index in [0.717, 1.165) is 30.5 Å². The molecule has 0 N–H and O–H groups in total. The van der Waals surface area contributed by atoms with Crippen molar-refractivity contribution in [2.75, 3.05) is 6.54 Å². The highest BCUT2D eigenvalue weighted by molar-refractivity contribution is 7.89. The molecule has 0 radical (unpaired) electrons. The van der Waals surface area contributed by atoms with E-state index in [4.69, 9.17) is 0 Å². The van der Waals surface area contributed by atoms with Crippen LogP contribution in [0.2, 0.25) is 0 Å². The third kappa shape index (κ3) is 3.15. The maximum absolute atomic E-state index is 13.3. The van der Waals surface area contributed by atoms with Gasteiger partial charge >= 0.3 is 0 Å². The van der Waals surface area contributed by atoms with Crippen LogP contribution in [0.25, 0.3) is 5.65 Å². The largest absolute Gasteiger partial charge is 0.285 e. The van der Waals surface area contributed by atoms with Gasteiger partial charge in [0.05, 0.1) is 10.9 Å². The van der Waals surface area contributed by atoms with Crippen LogP contribution in [0.3, 0.4) is 0 Å². The Morgan fingerprint density at radius 3 is 2.67 bits per heavy atom. The van der Waals surface area contributed by atoms with Gasteiger partial charge in [0.15, 0.2) is 11.5 Å². The van der Waals surface area contributed by atoms with Crippen molar-refractivity contribution in [1.29, 1.82) is 0 Å². The molecule has 6 nitrogen and oxygen atoms in total. The van der Waals surface area contributed by atoms with Gasteiger partial charge in [-0.25, -0.2) is 8.42 Å². The first-order chi connectivity index (χ1) is 13.0. The van der Waals surface area contributed by atoms with Gasteiger partial charge in [-0.3, -0.25) is 4.40 Å². The number of nitrogens with zero attached hydrogens (tertiary/aromatic N) is 4. The molecule has 2 atom stereocenters. The maximum Gasteiger partial charge on any atom is 0.243 e. The highest BCUT2D eigenvalue weighted by atomic mass is 32.2. The molecule has 2 unspecified atom stereocenters. The molecule has 0 aliphatic carbocycles. The molecule has 0 spiro atoms. The summed E-state index contributed by atoms with van der Waals surface area (Å²) in [7, 11) is -3.58. The van der Waals surface area contributed by atoms with E-state index in [1.54, 1.807) is 16.4 Å². The van der Waals surface area contributed by atoms with Gasteiger partial charge in [0, 0.05) is 12.7 Å². The Kier molecular flexibility index (Phi) is 4.74. The highest BCUT2D eigenvalue weighted by Gasteiger charge is 2.38. The first-order valence-corrected chi connectivity index (χ1v) is 10.9. The first kappa shape index (κ1) is 18.1. The molecule has 3 aromatic rings. The number of sulfonamides is 1. The summed E-state index contributed by atoms with van der Waals surface area (Å²) in [6.45, 7) is 4.78. The monoisotopic (exact) mass is 384 g/mol. The van der Waals surface area contributed by atoms with Crippen LogP contribution in [0.1, 0.15) is 56.5 Å². The first-order valence-electron chi connectivity index (χ1n) is 9.44. The Morgan fingerprint density at radius 1 is 1.15 bits per heavy atom. The van der Waals surface area contributed by atoms with Crippen LogP contribution in [0.5, 0.6) is 0 Å². The molecule has 3 heterocycles. The summed E-state index contributed by atoms with van der Waals surface area (Å²) in [5.41, 5.74) is 1.90. The summed E-state index contributed by atoms with van der Waals surface area (Å²) in [5.74, 6) is 1.10. The lowest BCUT2D eigenvalue weighted by molar-refractivity contribution is 0.381. The number of hydrogen-bond donors (Lipinski definition) is 0. The van der Waals surface area contributed by atoms with Gasteiger partial charge in [-0.1, -0.05) is 32.0 Å². The Bertz CT molecular complexity index is 1040. The van der Waals surface area contributed by atoms with E-state index >= 15 is 0 Å². The minimum atomic E-state index is -3.58. The van der Waals surface area contributed by atoms with Crippen molar-refractivity contribution >= 4 is 15.7 Å².